The van der Waals surface area contributed by atoms with E-state index in [-0.39, 0.29) is 0 Å². The van der Waals surface area contributed by atoms with Crippen molar-refractivity contribution in [3.05, 3.63) is 92.4 Å². The molecular formula is C25H21BrClNO2. The van der Waals surface area contributed by atoms with Crippen LogP contribution in [0.4, 0.5) is 0 Å². The second-order valence-electron chi connectivity index (χ2n) is 6.71. The fourth-order valence-electron chi connectivity index (χ4n) is 2.89. The molecule has 0 N–H and O–H groups in total. The molecule has 0 radical (unpaired) electrons. The van der Waals surface area contributed by atoms with E-state index in [0.717, 1.165) is 26.7 Å². The molecule has 0 saturated carbocycles. The molecule has 30 heavy (non-hydrogen) atoms. The first-order valence-corrected chi connectivity index (χ1v) is 10.7. The van der Waals surface area contributed by atoms with Crippen LogP contribution in [0, 0.1) is 18.3 Å². The second kappa shape index (κ2) is 10.3. The van der Waals surface area contributed by atoms with E-state index in [0.29, 0.717) is 35.3 Å². The van der Waals surface area contributed by atoms with Crippen molar-refractivity contribution >= 4 is 39.2 Å². The maximum Gasteiger partial charge on any atom is 0.180 e. The van der Waals surface area contributed by atoms with Gasteiger partial charge in [0, 0.05) is 4.47 Å². The number of benzene rings is 3. The predicted octanol–water partition coefficient (Wildman–Crippen LogP) is 7.45. The van der Waals surface area contributed by atoms with Gasteiger partial charge >= 0.3 is 0 Å². The molecule has 0 amide bonds. The summed E-state index contributed by atoms with van der Waals surface area (Å²) in [5, 5.41) is 10.1. The van der Waals surface area contributed by atoms with E-state index in [1.54, 1.807) is 12.1 Å². The van der Waals surface area contributed by atoms with Crippen LogP contribution in [0.2, 0.25) is 5.02 Å². The third-order valence-corrected chi connectivity index (χ3v) is 5.23. The molecule has 0 fully saturated rings. The monoisotopic (exact) mass is 481 g/mol. The summed E-state index contributed by atoms with van der Waals surface area (Å²) in [5.41, 5.74) is 4.35. The zero-order chi connectivity index (χ0) is 21.5. The van der Waals surface area contributed by atoms with Crippen molar-refractivity contribution < 1.29 is 9.47 Å². The molecule has 152 valence electrons. The van der Waals surface area contributed by atoms with Crippen LogP contribution in [0.5, 0.6) is 11.5 Å². The quantitative estimate of drug-likeness (QED) is 0.259. The van der Waals surface area contributed by atoms with E-state index in [4.69, 9.17) is 21.1 Å². The summed E-state index contributed by atoms with van der Waals surface area (Å²) in [5.74, 6) is 1.04. The summed E-state index contributed by atoms with van der Waals surface area (Å²) in [6, 6.07) is 21.6. The van der Waals surface area contributed by atoms with Crippen molar-refractivity contribution in [1.29, 1.82) is 5.26 Å². The highest BCUT2D eigenvalue weighted by Crippen LogP contribution is 2.38. The summed E-state index contributed by atoms with van der Waals surface area (Å²) in [7, 11) is 0. The van der Waals surface area contributed by atoms with E-state index in [1.165, 1.54) is 0 Å². The Morgan fingerprint density at radius 3 is 2.40 bits per heavy atom. The van der Waals surface area contributed by atoms with Crippen molar-refractivity contribution in [2.45, 2.75) is 20.5 Å². The highest BCUT2D eigenvalue weighted by molar-refractivity contribution is 9.10. The first-order valence-electron chi connectivity index (χ1n) is 9.52. The molecule has 0 atom stereocenters. The molecule has 0 aliphatic rings. The number of nitriles is 1. The van der Waals surface area contributed by atoms with Crippen molar-refractivity contribution in [3.63, 3.8) is 0 Å². The highest BCUT2D eigenvalue weighted by atomic mass is 79.9. The second-order valence-corrected chi connectivity index (χ2v) is 8.04. The van der Waals surface area contributed by atoms with Crippen molar-refractivity contribution in [3.8, 4) is 17.6 Å². The molecule has 0 aliphatic carbocycles. The SMILES string of the molecule is CCOc1cc(/C=C(\C#N)c2ccc(C)cc2)cc(Cl)c1OCc1ccc(Br)cc1. The Morgan fingerprint density at radius 2 is 1.77 bits per heavy atom. The van der Waals surface area contributed by atoms with Gasteiger partial charge in [0.05, 0.1) is 23.3 Å². The summed E-state index contributed by atoms with van der Waals surface area (Å²) in [6.45, 7) is 4.76. The van der Waals surface area contributed by atoms with Gasteiger partial charge in [0.1, 0.15) is 6.61 Å². The lowest BCUT2D eigenvalue weighted by atomic mass is 10.0. The molecule has 3 aromatic rings. The lowest BCUT2D eigenvalue weighted by molar-refractivity contribution is 0.269. The first kappa shape index (κ1) is 22.0. The average Bonchev–Trinajstić information content (AvgIpc) is 2.73. The van der Waals surface area contributed by atoms with Crippen molar-refractivity contribution in [2.75, 3.05) is 6.61 Å². The Morgan fingerprint density at radius 1 is 1.07 bits per heavy atom. The topological polar surface area (TPSA) is 42.2 Å². The summed E-state index contributed by atoms with van der Waals surface area (Å²) < 4.78 is 12.8. The van der Waals surface area contributed by atoms with Gasteiger partial charge in [-0.15, -0.1) is 0 Å². The number of halogens is 2. The van der Waals surface area contributed by atoms with Crippen LogP contribution in [0.15, 0.2) is 65.1 Å². The van der Waals surface area contributed by atoms with E-state index >= 15 is 0 Å². The number of ether oxygens (including phenoxy) is 2. The van der Waals surface area contributed by atoms with Gasteiger partial charge in [-0.05, 0) is 60.9 Å². The van der Waals surface area contributed by atoms with Gasteiger partial charge in [0.2, 0.25) is 0 Å². The van der Waals surface area contributed by atoms with Gasteiger partial charge in [-0.2, -0.15) is 5.26 Å². The molecule has 5 heteroatoms. The average molecular weight is 483 g/mol. The summed E-state index contributed by atoms with van der Waals surface area (Å²) in [6.07, 6.45) is 1.80. The van der Waals surface area contributed by atoms with Crippen LogP contribution in [0.3, 0.4) is 0 Å². The van der Waals surface area contributed by atoms with Gasteiger partial charge in [0.25, 0.3) is 0 Å². The molecule has 3 nitrogen and oxygen atoms in total. The molecule has 0 aliphatic heterocycles. The maximum absolute atomic E-state index is 9.63. The van der Waals surface area contributed by atoms with Crippen LogP contribution in [0.1, 0.15) is 29.2 Å². The van der Waals surface area contributed by atoms with Crippen molar-refractivity contribution in [2.24, 2.45) is 0 Å². The van der Waals surface area contributed by atoms with Crippen LogP contribution < -0.4 is 9.47 Å². The van der Waals surface area contributed by atoms with E-state index in [1.807, 2.05) is 68.4 Å². The third-order valence-electron chi connectivity index (χ3n) is 4.42. The molecule has 0 unspecified atom stereocenters. The maximum atomic E-state index is 9.63. The molecule has 3 aromatic carbocycles. The number of aryl methyl sites for hydroxylation is 1. The number of nitrogens with zero attached hydrogens (tertiary/aromatic N) is 1. The third kappa shape index (κ3) is 5.66. The molecule has 0 aromatic heterocycles. The largest absolute Gasteiger partial charge is 0.490 e. The molecule has 0 bridgehead atoms. The molecule has 0 spiro atoms. The van der Waals surface area contributed by atoms with Gasteiger partial charge in [0.15, 0.2) is 11.5 Å². The zero-order valence-corrected chi connectivity index (χ0v) is 19.1. The summed E-state index contributed by atoms with van der Waals surface area (Å²) in [4.78, 5) is 0. The Labute approximate surface area is 190 Å². The smallest absolute Gasteiger partial charge is 0.180 e. The standard InChI is InChI=1S/C25H21BrClNO2/c1-3-29-24-14-19(12-21(15-28)20-8-4-17(2)5-9-20)13-23(27)25(24)30-16-18-6-10-22(26)11-7-18/h4-14H,3,16H2,1-2H3/b21-12+. The van der Waals surface area contributed by atoms with Crippen LogP contribution >= 0.6 is 27.5 Å². The van der Waals surface area contributed by atoms with Crippen molar-refractivity contribution in [1.82, 2.24) is 0 Å². The Balaban J connectivity index is 1.90. The van der Waals surface area contributed by atoms with E-state index < -0.39 is 0 Å². The predicted molar refractivity (Wildman–Crippen MR) is 126 cm³/mol. The minimum absolute atomic E-state index is 0.370. The molecule has 0 heterocycles. The van der Waals surface area contributed by atoms with Crippen LogP contribution in [0.25, 0.3) is 11.6 Å². The van der Waals surface area contributed by atoms with Gasteiger partial charge < -0.3 is 9.47 Å². The number of rotatable bonds is 7. The molecular weight excluding hydrogens is 462 g/mol. The molecule has 0 saturated heterocycles. The van der Waals surface area contributed by atoms with Gasteiger partial charge in [-0.3, -0.25) is 0 Å². The number of allylic oxidation sites excluding steroid dienone is 1. The van der Waals surface area contributed by atoms with Gasteiger partial charge in [-0.1, -0.05) is 69.5 Å². The number of hydrogen-bond donors (Lipinski definition) is 0. The fourth-order valence-corrected chi connectivity index (χ4v) is 3.43. The van der Waals surface area contributed by atoms with Crippen LogP contribution in [-0.2, 0) is 6.61 Å². The Bertz CT molecular complexity index is 1080. The normalized spacial score (nSPS) is 11.1. The van der Waals surface area contributed by atoms with Gasteiger partial charge in [-0.25, -0.2) is 0 Å². The minimum atomic E-state index is 0.370. The van der Waals surface area contributed by atoms with E-state index in [9.17, 15) is 5.26 Å². The Kier molecular flexibility index (Phi) is 7.57. The summed E-state index contributed by atoms with van der Waals surface area (Å²) >= 11 is 9.96. The fraction of sp³-hybridized carbons (Fsp3) is 0.160. The number of hydrogen-bond acceptors (Lipinski definition) is 3. The molecule has 3 rings (SSSR count). The zero-order valence-electron chi connectivity index (χ0n) is 16.8. The highest BCUT2D eigenvalue weighted by Gasteiger charge is 2.13. The lowest BCUT2D eigenvalue weighted by Gasteiger charge is -2.15. The lowest BCUT2D eigenvalue weighted by Crippen LogP contribution is -2.01. The Hall–Kier alpha value is -2.74. The first-order chi connectivity index (χ1) is 14.5. The minimum Gasteiger partial charge on any atom is -0.490 e. The van der Waals surface area contributed by atoms with Crippen LogP contribution in [-0.4, -0.2) is 6.61 Å². The van der Waals surface area contributed by atoms with E-state index in [2.05, 4.69) is 22.0 Å².